The number of fused-ring (bicyclic) bond motifs is 4. The lowest BCUT2D eigenvalue weighted by molar-refractivity contribution is 1.21. The van der Waals surface area contributed by atoms with E-state index in [0.717, 1.165) is 17.1 Å². The lowest BCUT2D eigenvalue weighted by atomic mass is 9.96. The van der Waals surface area contributed by atoms with Gasteiger partial charge in [-0.25, -0.2) is 9.97 Å². The van der Waals surface area contributed by atoms with Gasteiger partial charge in [-0.15, -0.1) is 0 Å². The predicted molar refractivity (Wildman–Crippen MR) is 133 cm³/mol. The van der Waals surface area contributed by atoms with Crippen molar-refractivity contribution in [3.8, 4) is 33.8 Å². The molecule has 1 aliphatic heterocycles. The van der Waals surface area contributed by atoms with Gasteiger partial charge in [-0.3, -0.25) is 0 Å². The summed E-state index contributed by atoms with van der Waals surface area (Å²) in [6, 6.07) is 34.3. The highest BCUT2D eigenvalue weighted by atomic mass is 28.3. The summed E-state index contributed by atoms with van der Waals surface area (Å²) in [5.74, 6) is 0.815. The minimum absolute atomic E-state index is 0.815. The summed E-state index contributed by atoms with van der Waals surface area (Å²) in [7, 11) is -1.93. The van der Waals surface area contributed by atoms with Crippen molar-refractivity contribution in [3.05, 3.63) is 97.1 Å². The largest absolute Gasteiger partial charge is 0.237 e. The first-order valence-electron chi connectivity index (χ1n) is 10.7. The first-order chi connectivity index (χ1) is 15.1. The molecule has 0 aliphatic carbocycles. The molecule has 1 aromatic heterocycles. The van der Waals surface area contributed by atoms with Gasteiger partial charge in [0.15, 0.2) is 5.82 Å². The molecule has 5 aromatic rings. The summed E-state index contributed by atoms with van der Waals surface area (Å²) in [6.45, 7) is 4.82. The SMILES string of the molecule is C[Si]1(C)c2ccccc2-c2c(-c3cccc4ccccc34)nc(-c3ccccc3)nc21. The van der Waals surface area contributed by atoms with Gasteiger partial charge in [0.05, 0.1) is 5.69 Å². The lowest BCUT2D eigenvalue weighted by Gasteiger charge is -2.19. The van der Waals surface area contributed by atoms with Crippen LogP contribution in [0.2, 0.25) is 13.1 Å². The zero-order valence-corrected chi connectivity index (χ0v) is 18.6. The quantitative estimate of drug-likeness (QED) is 0.343. The molecule has 1 aliphatic rings. The molecule has 2 nitrogen and oxygen atoms in total. The summed E-state index contributed by atoms with van der Waals surface area (Å²) < 4.78 is 0. The number of aromatic nitrogens is 2. The maximum absolute atomic E-state index is 5.21. The van der Waals surface area contributed by atoms with Crippen molar-refractivity contribution in [2.45, 2.75) is 13.1 Å². The average Bonchev–Trinajstić information content (AvgIpc) is 3.06. The van der Waals surface area contributed by atoms with Gasteiger partial charge >= 0.3 is 0 Å². The van der Waals surface area contributed by atoms with E-state index >= 15 is 0 Å². The van der Waals surface area contributed by atoms with E-state index in [-0.39, 0.29) is 0 Å². The number of rotatable bonds is 2. The van der Waals surface area contributed by atoms with Crippen LogP contribution in [0.1, 0.15) is 0 Å². The fourth-order valence-electron chi connectivity index (χ4n) is 4.88. The van der Waals surface area contributed by atoms with E-state index < -0.39 is 8.07 Å². The maximum Gasteiger partial charge on any atom is 0.159 e. The van der Waals surface area contributed by atoms with Crippen molar-refractivity contribution in [1.29, 1.82) is 0 Å². The van der Waals surface area contributed by atoms with Crippen molar-refractivity contribution < 1.29 is 0 Å². The van der Waals surface area contributed by atoms with Crippen LogP contribution in [0.5, 0.6) is 0 Å². The lowest BCUT2D eigenvalue weighted by Crippen LogP contribution is -2.50. The third-order valence-electron chi connectivity index (χ3n) is 6.45. The second-order valence-electron chi connectivity index (χ2n) is 8.68. The maximum atomic E-state index is 5.21. The number of benzene rings is 4. The molecule has 4 aromatic carbocycles. The molecule has 0 unspecified atom stereocenters. The van der Waals surface area contributed by atoms with E-state index in [1.807, 2.05) is 6.07 Å². The molecule has 6 rings (SSSR count). The Hall–Kier alpha value is -3.56. The normalized spacial score (nSPS) is 13.7. The Kier molecular flexibility index (Phi) is 3.95. The third kappa shape index (κ3) is 2.70. The van der Waals surface area contributed by atoms with Crippen LogP contribution in [0.15, 0.2) is 97.1 Å². The van der Waals surface area contributed by atoms with Crippen LogP contribution < -0.4 is 10.5 Å². The van der Waals surface area contributed by atoms with Gasteiger partial charge in [0.25, 0.3) is 0 Å². The molecule has 148 valence electrons. The van der Waals surface area contributed by atoms with E-state index in [1.165, 1.54) is 38.0 Å². The highest BCUT2D eigenvalue weighted by molar-refractivity contribution is 7.03. The van der Waals surface area contributed by atoms with Crippen LogP contribution in [0.4, 0.5) is 0 Å². The standard InChI is InChI=1S/C28H22N2Si/c1-31(2)24-18-9-8-16-23(24)25-26(22-17-10-14-19-11-6-7-15-21(19)22)29-27(30-28(25)31)20-12-4-3-5-13-20/h3-18H,1-2H3. The Morgan fingerprint density at radius 1 is 0.613 bits per heavy atom. The molecule has 0 spiro atoms. The monoisotopic (exact) mass is 414 g/mol. The zero-order chi connectivity index (χ0) is 21.0. The van der Waals surface area contributed by atoms with Crippen LogP contribution in [-0.4, -0.2) is 18.0 Å². The summed E-state index contributed by atoms with van der Waals surface area (Å²) >= 11 is 0. The van der Waals surface area contributed by atoms with Crippen LogP contribution in [-0.2, 0) is 0 Å². The molecule has 0 radical (unpaired) electrons. The molecule has 0 N–H and O–H groups in total. The van der Waals surface area contributed by atoms with Crippen molar-refractivity contribution >= 4 is 29.4 Å². The Labute approximate surface area is 183 Å². The molecule has 0 saturated carbocycles. The van der Waals surface area contributed by atoms with Crippen LogP contribution >= 0.6 is 0 Å². The summed E-state index contributed by atoms with van der Waals surface area (Å²) in [5.41, 5.74) is 5.81. The molecule has 0 saturated heterocycles. The van der Waals surface area contributed by atoms with E-state index in [9.17, 15) is 0 Å². The smallest absolute Gasteiger partial charge is 0.159 e. The number of hydrogen-bond donors (Lipinski definition) is 0. The van der Waals surface area contributed by atoms with E-state index in [0.29, 0.717) is 0 Å². The van der Waals surface area contributed by atoms with E-state index in [2.05, 4.69) is 104 Å². The fraction of sp³-hybridized carbons (Fsp3) is 0.0714. The zero-order valence-electron chi connectivity index (χ0n) is 17.6. The van der Waals surface area contributed by atoms with Crippen molar-refractivity contribution in [2.24, 2.45) is 0 Å². The highest BCUT2D eigenvalue weighted by Crippen LogP contribution is 2.38. The van der Waals surface area contributed by atoms with Gasteiger partial charge in [-0.1, -0.05) is 110 Å². The summed E-state index contributed by atoms with van der Waals surface area (Å²) in [4.78, 5) is 10.4. The molecule has 0 amide bonds. The molecule has 0 fully saturated rings. The minimum atomic E-state index is -1.93. The summed E-state index contributed by atoms with van der Waals surface area (Å²) in [5, 5.41) is 5.15. The summed E-state index contributed by atoms with van der Waals surface area (Å²) in [6.07, 6.45) is 0. The number of nitrogens with zero attached hydrogens (tertiary/aromatic N) is 2. The van der Waals surface area contributed by atoms with Crippen LogP contribution in [0, 0.1) is 0 Å². The Balaban J connectivity index is 1.75. The second-order valence-corrected chi connectivity index (χ2v) is 12.9. The van der Waals surface area contributed by atoms with Gasteiger partial charge in [-0.2, -0.15) is 0 Å². The number of hydrogen-bond acceptors (Lipinski definition) is 2. The van der Waals surface area contributed by atoms with Gasteiger partial charge in [0.1, 0.15) is 8.07 Å². The van der Waals surface area contributed by atoms with Gasteiger partial charge in [0.2, 0.25) is 0 Å². The molecule has 3 heteroatoms. The molecular formula is C28H22N2Si. The first-order valence-corrected chi connectivity index (χ1v) is 13.7. The Morgan fingerprint density at radius 3 is 2.16 bits per heavy atom. The third-order valence-corrected chi connectivity index (χ3v) is 9.78. The first kappa shape index (κ1) is 18.2. The predicted octanol–water partition coefficient (Wildman–Crippen LogP) is 5.77. The van der Waals surface area contributed by atoms with Gasteiger partial charge in [0, 0.05) is 22.0 Å². The van der Waals surface area contributed by atoms with E-state index in [4.69, 9.17) is 9.97 Å². The van der Waals surface area contributed by atoms with Crippen molar-refractivity contribution in [1.82, 2.24) is 9.97 Å². The Bertz CT molecular complexity index is 1450. The van der Waals surface area contributed by atoms with Crippen molar-refractivity contribution in [2.75, 3.05) is 0 Å². The second kappa shape index (κ2) is 6.72. The van der Waals surface area contributed by atoms with E-state index in [1.54, 1.807) is 0 Å². The molecule has 2 heterocycles. The van der Waals surface area contributed by atoms with Crippen LogP contribution in [0.25, 0.3) is 44.5 Å². The van der Waals surface area contributed by atoms with Crippen LogP contribution in [0.3, 0.4) is 0 Å². The molecule has 0 bridgehead atoms. The fourth-order valence-corrected chi connectivity index (χ4v) is 7.80. The topological polar surface area (TPSA) is 25.8 Å². The molecular weight excluding hydrogens is 392 g/mol. The minimum Gasteiger partial charge on any atom is -0.237 e. The molecule has 31 heavy (non-hydrogen) atoms. The van der Waals surface area contributed by atoms with Crippen molar-refractivity contribution in [3.63, 3.8) is 0 Å². The molecule has 0 atom stereocenters. The average molecular weight is 415 g/mol. The highest BCUT2D eigenvalue weighted by Gasteiger charge is 2.41. The van der Waals surface area contributed by atoms with Gasteiger partial charge in [-0.05, 0) is 21.5 Å². The Morgan fingerprint density at radius 2 is 1.29 bits per heavy atom. The van der Waals surface area contributed by atoms with Gasteiger partial charge < -0.3 is 0 Å².